The molecule has 1 aliphatic heterocycles. The Kier molecular flexibility index (Phi) is 3.14. The van der Waals surface area contributed by atoms with Gasteiger partial charge in [-0.05, 0) is 19.3 Å². The second kappa shape index (κ2) is 3.92. The summed E-state index contributed by atoms with van der Waals surface area (Å²) in [4.78, 5) is 13.0. The van der Waals surface area contributed by atoms with Gasteiger partial charge >= 0.3 is 0 Å². The monoisotopic (exact) mass is 159 g/mol. The van der Waals surface area contributed by atoms with Gasteiger partial charge in [-0.3, -0.25) is 4.79 Å². The number of piperidine rings is 1. The molecule has 1 aliphatic rings. The van der Waals surface area contributed by atoms with Gasteiger partial charge in [0.25, 0.3) is 0 Å². The number of carbonyl (C=O) groups excluding carboxylic acids is 1. The molecule has 0 aromatic carbocycles. The number of carbonyl (C=O) groups is 1. The van der Waals surface area contributed by atoms with Crippen molar-refractivity contribution in [2.45, 2.75) is 19.3 Å². The number of hydrogen-bond donors (Lipinski definition) is 0. The largest absolute Gasteiger partial charge is 0.342 e. The van der Waals surface area contributed by atoms with Crippen LogP contribution in [0.3, 0.4) is 0 Å². The van der Waals surface area contributed by atoms with Crippen LogP contribution in [0.5, 0.6) is 0 Å². The molecule has 1 unspecified atom stereocenters. The Hall–Kier alpha value is -0.100. The summed E-state index contributed by atoms with van der Waals surface area (Å²) in [5, 5.41) is 0. The molecule has 1 atom stereocenters. The van der Waals surface area contributed by atoms with Crippen molar-refractivity contribution in [1.29, 1.82) is 0 Å². The van der Waals surface area contributed by atoms with E-state index in [1.807, 2.05) is 4.90 Å². The molecule has 1 heterocycles. The highest BCUT2D eigenvalue weighted by molar-refractivity contribution is 7.18. The normalized spacial score (nSPS) is 19.1. The van der Waals surface area contributed by atoms with E-state index in [0.29, 0.717) is 6.16 Å². The molecule has 0 N–H and O–H groups in total. The fraction of sp³-hybridized carbons (Fsp3) is 0.857. The highest BCUT2D eigenvalue weighted by atomic mass is 31.0. The highest BCUT2D eigenvalue weighted by Gasteiger charge is 2.13. The lowest BCUT2D eigenvalue weighted by molar-refractivity contribution is -0.129. The van der Waals surface area contributed by atoms with Gasteiger partial charge in [-0.2, -0.15) is 0 Å². The SMILES string of the molecule is O=C(CP)N1CCCCC1. The zero-order chi connectivity index (χ0) is 7.40. The van der Waals surface area contributed by atoms with Crippen molar-refractivity contribution in [3.05, 3.63) is 0 Å². The first-order valence-corrected chi connectivity index (χ1v) is 4.64. The lowest BCUT2D eigenvalue weighted by Gasteiger charge is -2.25. The molecule has 10 heavy (non-hydrogen) atoms. The molecule has 2 nitrogen and oxygen atoms in total. The van der Waals surface area contributed by atoms with E-state index in [1.165, 1.54) is 19.3 Å². The number of rotatable bonds is 1. The molecule has 0 aromatic rings. The maximum Gasteiger partial charge on any atom is 0.226 e. The Balaban J connectivity index is 2.31. The molecular weight excluding hydrogens is 145 g/mol. The van der Waals surface area contributed by atoms with Gasteiger partial charge in [0.2, 0.25) is 5.91 Å². The molecule has 0 spiro atoms. The summed E-state index contributed by atoms with van der Waals surface area (Å²) < 4.78 is 0. The Labute approximate surface area is 64.2 Å². The zero-order valence-electron chi connectivity index (χ0n) is 6.18. The summed E-state index contributed by atoms with van der Waals surface area (Å²) in [5.74, 6) is 0.282. The molecule has 58 valence electrons. The quantitative estimate of drug-likeness (QED) is 0.520. The lowest BCUT2D eigenvalue weighted by Crippen LogP contribution is -2.36. The Bertz CT molecular complexity index is 121. The molecule has 0 saturated carbocycles. The molecule has 1 fully saturated rings. The number of likely N-dealkylation sites (tertiary alicyclic amines) is 1. The fourth-order valence-electron chi connectivity index (χ4n) is 1.27. The summed E-state index contributed by atoms with van der Waals surface area (Å²) in [7, 11) is 2.47. The Morgan fingerprint density at radius 3 is 2.40 bits per heavy atom. The maximum atomic E-state index is 11.1. The zero-order valence-corrected chi connectivity index (χ0v) is 7.33. The molecule has 0 aromatic heterocycles. The van der Waals surface area contributed by atoms with E-state index in [2.05, 4.69) is 9.24 Å². The minimum absolute atomic E-state index is 0.282. The van der Waals surface area contributed by atoms with Crippen LogP contribution >= 0.6 is 9.24 Å². The van der Waals surface area contributed by atoms with Crippen molar-refractivity contribution in [2.75, 3.05) is 19.3 Å². The Morgan fingerprint density at radius 1 is 1.30 bits per heavy atom. The number of amides is 1. The summed E-state index contributed by atoms with van der Waals surface area (Å²) in [5.41, 5.74) is 0. The van der Waals surface area contributed by atoms with Gasteiger partial charge < -0.3 is 4.90 Å². The van der Waals surface area contributed by atoms with Crippen molar-refractivity contribution >= 4 is 15.1 Å². The summed E-state index contributed by atoms with van der Waals surface area (Å²) in [6, 6.07) is 0. The standard InChI is InChI=1S/C7H14NOP/c9-7(6-10)8-4-2-1-3-5-8/h1-6,10H2. The first-order chi connectivity index (χ1) is 4.84. The smallest absolute Gasteiger partial charge is 0.226 e. The summed E-state index contributed by atoms with van der Waals surface area (Å²) in [6.07, 6.45) is 4.26. The van der Waals surface area contributed by atoms with Crippen LogP contribution in [0.4, 0.5) is 0 Å². The average Bonchev–Trinajstić information content (AvgIpc) is 2.05. The van der Waals surface area contributed by atoms with Crippen molar-refractivity contribution < 1.29 is 4.79 Å². The van der Waals surface area contributed by atoms with Crippen molar-refractivity contribution in [2.24, 2.45) is 0 Å². The molecule has 3 heteroatoms. The minimum atomic E-state index is 0.282. The fourth-order valence-corrected chi connectivity index (χ4v) is 1.53. The van der Waals surface area contributed by atoms with E-state index >= 15 is 0 Å². The van der Waals surface area contributed by atoms with E-state index in [-0.39, 0.29) is 5.91 Å². The van der Waals surface area contributed by atoms with Crippen molar-refractivity contribution in [3.8, 4) is 0 Å². The second-order valence-electron chi connectivity index (χ2n) is 2.65. The van der Waals surface area contributed by atoms with Gasteiger partial charge in [0.05, 0.1) is 0 Å². The summed E-state index contributed by atoms with van der Waals surface area (Å²) in [6.45, 7) is 1.96. The molecular formula is C7H14NOP. The van der Waals surface area contributed by atoms with Gasteiger partial charge in [-0.1, -0.05) is 0 Å². The second-order valence-corrected chi connectivity index (χ2v) is 3.05. The molecule has 0 aliphatic carbocycles. The van der Waals surface area contributed by atoms with Crippen LogP contribution in [0.15, 0.2) is 0 Å². The van der Waals surface area contributed by atoms with Crippen LogP contribution in [0, 0.1) is 0 Å². The van der Waals surface area contributed by atoms with Crippen LogP contribution in [0.1, 0.15) is 19.3 Å². The average molecular weight is 159 g/mol. The van der Waals surface area contributed by atoms with Crippen LogP contribution in [-0.4, -0.2) is 30.1 Å². The maximum absolute atomic E-state index is 11.1. The first kappa shape index (κ1) is 8.00. The van der Waals surface area contributed by atoms with Gasteiger partial charge in [0.1, 0.15) is 0 Å². The topological polar surface area (TPSA) is 20.3 Å². The minimum Gasteiger partial charge on any atom is -0.342 e. The molecule has 1 amide bonds. The van der Waals surface area contributed by atoms with E-state index in [9.17, 15) is 4.79 Å². The van der Waals surface area contributed by atoms with Crippen LogP contribution < -0.4 is 0 Å². The van der Waals surface area contributed by atoms with E-state index in [1.54, 1.807) is 0 Å². The van der Waals surface area contributed by atoms with Crippen LogP contribution in [0.25, 0.3) is 0 Å². The highest BCUT2D eigenvalue weighted by Crippen LogP contribution is 2.08. The molecule has 1 rings (SSSR count). The summed E-state index contributed by atoms with van der Waals surface area (Å²) >= 11 is 0. The van der Waals surface area contributed by atoms with Crippen molar-refractivity contribution in [3.63, 3.8) is 0 Å². The molecule has 0 bridgehead atoms. The van der Waals surface area contributed by atoms with Crippen LogP contribution in [-0.2, 0) is 4.79 Å². The van der Waals surface area contributed by atoms with Gasteiger partial charge in [-0.15, -0.1) is 9.24 Å². The molecule has 1 saturated heterocycles. The predicted molar refractivity (Wildman–Crippen MR) is 45.0 cm³/mol. The van der Waals surface area contributed by atoms with E-state index in [0.717, 1.165) is 13.1 Å². The van der Waals surface area contributed by atoms with Crippen LogP contribution in [0.2, 0.25) is 0 Å². The predicted octanol–water partition coefficient (Wildman–Crippen LogP) is 0.874. The third-order valence-electron chi connectivity index (χ3n) is 1.88. The number of hydrogen-bond acceptors (Lipinski definition) is 1. The third-order valence-corrected chi connectivity index (χ3v) is 2.23. The number of nitrogens with zero attached hydrogens (tertiary/aromatic N) is 1. The first-order valence-electron chi connectivity index (χ1n) is 3.82. The molecule has 0 radical (unpaired) electrons. The van der Waals surface area contributed by atoms with Gasteiger partial charge in [0.15, 0.2) is 0 Å². The Morgan fingerprint density at radius 2 is 1.90 bits per heavy atom. The van der Waals surface area contributed by atoms with E-state index < -0.39 is 0 Å². The van der Waals surface area contributed by atoms with Gasteiger partial charge in [-0.25, -0.2) is 0 Å². The van der Waals surface area contributed by atoms with Crippen molar-refractivity contribution in [1.82, 2.24) is 4.90 Å². The lowest BCUT2D eigenvalue weighted by atomic mass is 10.1. The van der Waals surface area contributed by atoms with Gasteiger partial charge in [0, 0.05) is 19.3 Å². The third kappa shape index (κ3) is 1.95. The van der Waals surface area contributed by atoms with E-state index in [4.69, 9.17) is 0 Å².